The van der Waals surface area contributed by atoms with E-state index >= 15 is 0 Å². The lowest BCUT2D eigenvalue weighted by Gasteiger charge is -2.07. The summed E-state index contributed by atoms with van der Waals surface area (Å²) in [6, 6.07) is 17.7. The van der Waals surface area contributed by atoms with Crippen molar-refractivity contribution < 1.29 is 23.6 Å². The zero-order valence-electron chi connectivity index (χ0n) is 16.9. The van der Waals surface area contributed by atoms with Crippen LogP contribution in [0.5, 0.6) is 5.75 Å². The minimum absolute atomic E-state index is 0.00342. The van der Waals surface area contributed by atoms with E-state index in [2.05, 4.69) is 4.99 Å². The largest absolute Gasteiger partial charge is 0.489 e. The molecular formula is C24H17FN2O5. The Morgan fingerprint density at radius 2 is 1.94 bits per heavy atom. The van der Waals surface area contributed by atoms with Crippen LogP contribution in [-0.2, 0) is 16.1 Å². The van der Waals surface area contributed by atoms with Crippen molar-refractivity contribution in [3.05, 3.63) is 111 Å². The molecule has 3 aromatic carbocycles. The molecule has 0 aromatic heterocycles. The van der Waals surface area contributed by atoms with Gasteiger partial charge in [-0.2, -0.15) is 0 Å². The van der Waals surface area contributed by atoms with Crippen LogP contribution in [0.15, 0.2) is 77.4 Å². The Morgan fingerprint density at radius 1 is 1.12 bits per heavy atom. The predicted octanol–water partition coefficient (Wildman–Crippen LogP) is 4.97. The molecule has 32 heavy (non-hydrogen) atoms. The van der Waals surface area contributed by atoms with Crippen LogP contribution in [0.4, 0.5) is 10.1 Å². The zero-order chi connectivity index (χ0) is 22.7. The minimum atomic E-state index is -0.666. The number of nitro groups is 1. The number of hydrogen-bond donors (Lipinski definition) is 0. The molecule has 0 saturated carbocycles. The van der Waals surface area contributed by atoms with Gasteiger partial charge in [-0.05, 0) is 42.8 Å². The van der Waals surface area contributed by atoms with E-state index in [1.807, 2.05) is 0 Å². The number of cyclic esters (lactones) is 1. The summed E-state index contributed by atoms with van der Waals surface area (Å²) in [4.78, 5) is 27.1. The van der Waals surface area contributed by atoms with Crippen LogP contribution >= 0.6 is 0 Å². The summed E-state index contributed by atoms with van der Waals surface area (Å²) >= 11 is 0. The lowest BCUT2D eigenvalue weighted by molar-refractivity contribution is -0.385. The number of aliphatic imine (C=N–C) groups is 1. The van der Waals surface area contributed by atoms with E-state index in [4.69, 9.17) is 9.47 Å². The minimum Gasteiger partial charge on any atom is -0.489 e. The number of carbonyl (C=O) groups excluding carboxylic acids is 1. The predicted molar refractivity (Wildman–Crippen MR) is 116 cm³/mol. The molecule has 0 N–H and O–H groups in total. The number of carbonyl (C=O) groups is 1. The van der Waals surface area contributed by atoms with E-state index in [9.17, 15) is 19.3 Å². The highest BCUT2D eigenvalue weighted by atomic mass is 19.1. The molecule has 8 heteroatoms. The third-order valence-corrected chi connectivity index (χ3v) is 4.79. The maximum atomic E-state index is 13.8. The van der Waals surface area contributed by atoms with Gasteiger partial charge in [0, 0.05) is 22.8 Å². The maximum Gasteiger partial charge on any atom is 0.363 e. The summed E-state index contributed by atoms with van der Waals surface area (Å²) in [5, 5.41) is 11.2. The van der Waals surface area contributed by atoms with Crippen LogP contribution in [0.2, 0.25) is 0 Å². The van der Waals surface area contributed by atoms with E-state index in [1.165, 1.54) is 18.2 Å². The molecule has 7 nitrogen and oxygen atoms in total. The van der Waals surface area contributed by atoms with Crippen LogP contribution in [0.25, 0.3) is 6.08 Å². The van der Waals surface area contributed by atoms with Gasteiger partial charge in [-0.1, -0.05) is 36.4 Å². The van der Waals surface area contributed by atoms with Gasteiger partial charge >= 0.3 is 5.97 Å². The van der Waals surface area contributed by atoms with Crippen LogP contribution < -0.4 is 4.74 Å². The Kier molecular flexibility index (Phi) is 5.76. The van der Waals surface area contributed by atoms with Crippen LogP contribution in [0, 0.1) is 22.9 Å². The Balaban J connectivity index is 1.55. The molecule has 1 heterocycles. The van der Waals surface area contributed by atoms with Crippen molar-refractivity contribution in [2.75, 3.05) is 0 Å². The highest BCUT2D eigenvalue weighted by Crippen LogP contribution is 2.25. The first-order valence-electron chi connectivity index (χ1n) is 9.65. The summed E-state index contributed by atoms with van der Waals surface area (Å²) < 4.78 is 24.6. The number of aryl methyl sites for hydroxylation is 1. The number of rotatable bonds is 6. The van der Waals surface area contributed by atoms with Gasteiger partial charge in [0.05, 0.1) is 4.92 Å². The molecule has 0 saturated heterocycles. The molecule has 3 aromatic rings. The molecule has 1 aliphatic heterocycles. The summed E-state index contributed by atoms with van der Waals surface area (Å²) in [6.07, 6.45) is 1.52. The van der Waals surface area contributed by atoms with Gasteiger partial charge in [0.15, 0.2) is 5.70 Å². The van der Waals surface area contributed by atoms with E-state index in [-0.39, 0.29) is 29.7 Å². The molecule has 0 atom stereocenters. The summed E-state index contributed by atoms with van der Waals surface area (Å²) in [5.41, 5.74) is 1.85. The molecular weight excluding hydrogens is 415 g/mol. The third-order valence-electron chi connectivity index (χ3n) is 4.79. The third kappa shape index (κ3) is 4.54. The van der Waals surface area contributed by atoms with Crippen molar-refractivity contribution in [2.24, 2.45) is 4.99 Å². The van der Waals surface area contributed by atoms with Crippen molar-refractivity contribution in [1.29, 1.82) is 0 Å². The summed E-state index contributed by atoms with van der Waals surface area (Å²) in [5.74, 6) is -0.526. The van der Waals surface area contributed by atoms with Crippen molar-refractivity contribution in [3.8, 4) is 5.75 Å². The van der Waals surface area contributed by atoms with Crippen LogP contribution in [0.3, 0.4) is 0 Å². The highest BCUT2D eigenvalue weighted by molar-refractivity contribution is 6.13. The molecule has 0 fully saturated rings. The van der Waals surface area contributed by atoms with Crippen molar-refractivity contribution in [3.63, 3.8) is 0 Å². The molecule has 0 spiro atoms. The quantitative estimate of drug-likeness (QED) is 0.237. The summed E-state index contributed by atoms with van der Waals surface area (Å²) in [6.45, 7) is 1.68. The maximum absolute atomic E-state index is 13.8. The van der Waals surface area contributed by atoms with Crippen molar-refractivity contribution >= 4 is 23.6 Å². The number of nitro benzene ring substituents is 1. The first-order chi connectivity index (χ1) is 15.4. The SMILES string of the molecule is Cc1ccc(C2=N/C(=C\c3cccc(OCc4ccccc4F)c3)C(=O)O2)cc1[N+](=O)[O-]. The second-order valence-corrected chi connectivity index (χ2v) is 7.05. The summed E-state index contributed by atoms with van der Waals surface area (Å²) in [7, 11) is 0. The number of hydrogen-bond acceptors (Lipinski definition) is 6. The number of benzene rings is 3. The monoisotopic (exact) mass is 432 g/mol. The fraction of sp³-hybridized carbons (Fsp3) is 0.0833. The Bertz CT molecular complexity index is 1280. The van der Waals surface area contributed by atoms with Crippen molar-refractivity contribution in [2.45, 2.75) is 13.5 Å². The topological polar surface area (TPSA) is 91.0 Å². The molecule has 160 valence electrons. The average molecular weight is 432 g/mol. The van der Waals surface area contributed by atoms with E-state index in [0.717, 1.165) is 0 Å². The zero-order valence-corrected chi connectivity index (χ0v) is 16.9. The van der Waals surface area contributed by atoms with Gasteiger partial charge in [0.2, 0.25) is 5.90 Å². The average Bonchev–Trinajstić information content (AvgIpc) is 3.13. The fourth-order valence-corrected chi connectivity index (χ4v) is 3.10. The van der Waals surface area contributed by atoms with Gasteiger partial charge in [-0.15, -0.1) is 0 Å². The van der Waals surface area contributed by atoms with Gasteiger partial charge in [-0.3, -0.25) is 10.1 Å². The van der Waals surface area contributed by atoms with Gasteiger partial charge in [0.1, 0.15) is 18.2 Å². The Labute approximate surface area is 182 Å². The first-order valence-corrected chi connectivity index (χ1v) is 9.65. The normalized spacial score (nSPS) is 14.2. The molecule has 1 aliphatic rings. The lowest BCUT2D eigenvalue weighted by atomic mass is 10.1. The molecule has 0 unspecified atom stereocenters. The van der Waals surface area contributed by atoms with Gasteiger partial charge in [0.25, 0.3) is 5.69 Å². The number of halogens is 1. The van der Waals surface area contributed by atoms with Crippen LogP contribution in [0.1, 0.15) is 22.3 Å². The lowest BCUT2D eigenvalue weighted by Crippen LogP contribution is -2.06. The van der Waals surface area contributed by atoms with Crippen LogP contribution in [-0.4, -0.2) is 16.8 Å². The number of esters is 1. The van der Waals surface area contributed by atoms with Crippen molar-refractivity contribution in [1.82, 2.24) is 0 Å². The molecule has 0 amide bonds. The smallest absolute Gasteiger partial charge is 0.363 e. The van der Waals surface area contributed by atoms with E-state index in [1.54, 1.807) is 61.5 Å². The first kappa shape index (κ1) is 20.9. The van der Waals surface area contributed by atoms with E-state index < -0.39 is 10.9 Å². The highest BCUT2D eigenvalue weighted by Gasteiger charge is 2.25. The molecule has 0 radical (unpaired) electrons. The number of ether oxygens (including phenoxy) is 2. The fourth-order valence-electron chi connectivity index (χ4n) is 3.10. The molecule has 4 rings (SSSR count). The molecule has 0 aliphatic carbocycles. The molecule has 0 bridgehead atoms. The standard InChI is InChI=1S/C24H17FN2O5/c1-15-9-10-17(13-22(15)27(29)30)23-26-21(24(28)32-23)12-16-5-4-7-19(11-16)31-14-18-6-2-3-8-20(18)25/h2-13H,14H2,1H3/b21-12-. The number of nitrogens with zero attached hydrogens (tertiary/aromatic N) is 2. The second kappa shape index (κ2) is 8.81. The van der Waals surface area contributed by atoms with Gasteiger partial charge in [-0.25, -0.2) is 14.2 Å². The van der Waals surface area contributed by atoms with Gasteiger partial charge < -0.3 is 9.47 Å². The Hall–Kier alpha value is -4.33. The van der Waals surface area contributed by atoms with E-state index in [0.29, 0.717) is 28.0 Å². The second-order valence-electron chi connectivity index (χ2n) is 7.05. The Morgan fingerprint density at radius 3 is 2.72 bits per heavy atom.